The largest absolute Gasteiger partial charge is 0.478 e. The highest BCUT2D eigenvalue weighted by Crippen LogP contribution is 2.17. The Morgan fingerprint density at radius 1 is 1.33 bits per heavy atom. The number of hydrogen-bond donors (Lipinski definition) is 2. The summed E-state index contributed by atoms with van der Waals surface area (Å²) in [5.41, 5.74) is 1.17. The third kappa shape index (κ3) is 4.04. The molecule has 1 aromatic carbocycles. The van der Waals surface area contributed by atoms with Gasteiger partial charge in [0, 0.05) is 6.54 Å². The van der Waals surface area contributed by atoms with E-state index in [4.69, 9.17) is 5.11 Å². The minimum atomic E-state index is -0.938. The predicted molar refractivity (Wildman–Crippen MR) is 80.1 cm³/mol. The summed E-state index contributed by atoms with van der Waals surface area (Å²) >= 11 is 0. The fraction of sp³-hybridized carbons (Fsp3) is 0.500. The van der Waals surface area contributed by atoms with Crippen LogP contribution < -0.4 is 5.32 Å². The molecule has 0 spiro atoms. The Kier molecular flexibility index (Phi) is 5.33. The van der Waals surface area contributed by atoms with Crippen molar-refractivity contribution in [3.05, 3.63) is 35.4 Å². The van der Waals surface area contributed by atoms with E-state index >= 15 is 0 Å². The number of hydrogen-bond acceptors (Lipinski definition) is 3. The van der Waals surface area contributed by atoms with Crippen LogP contribution in [0.3, 0.4) is 0 Å². The van der Waals surface area contributed by atoms with Gasteiger partial charge in [-0.2, -0.15) is 0 Å². The van der Waals surface area contributed by atoms with E-state index in [9.17, 15) is 9.59 Å². The average molecular weight is 290 g/mol. The molecule has 114 valence electrons. The van der Waals surface area contributed by atoms with E-state index in [1.807, 2.05) is 0 Å². The van der Waals surface area contributed by atoms with E-state index in [0.29, 0.717) is 6.54 Å². The number of benzene rings is 1. The van der Waals surface area contributed by atoms with Crippen LogP contribution in [0.15, 0.2) is 24.3 Å². The van der Waals surface area contributed by atoms with Gasteiger partial charge < -0.3 is 10.4 Å². The zero-order valence-electron chi connectivity index (χ0n) is 12.3. The lowest BCUT2D eigenvalue weighted by molar-refractivity contribution is -0.125. The van der Waals surface area contributed by atoms with Crippen LogP contribution in [-0.2, 0) is 11.3 Å². The number of likely N-dealkylation sites (tertiary alicyclic amines) is 1. The molecule has 21 heavy (non-hydrogen) atoms. The van der Waals surface area contributed by atoms with Gasteiger partial charge in [-0.1, -0.05) is 19.1 Å². The van der Waals surface area contributed by atoms with Crippen LogP contribution in [0.2, 0.25) is 0 Å². The molecule has 1 heterocycles. The van der Waals surface area contributed by atoms with Gasteiger partial charge in [0.15, 0.2) is 0 Å². The highest BCUT2D eigenvalue weighted by Gasteiger charge is 2.29. The van der Waals surface area contributed by atoms with Gasteiger partial charge in [0.05, 0.1) is 11.6 Å². The number of rotatable bonds is 6. The molecule has 1 aliphatic rings. The standard InChI is InChI=1S/C16H22N2O3/c1-2-9-18-10-3-4-14(18)15(19)17-11-12-5-7-13(8-6-12)16(20)21/h5-8,14H,2-4,9-11H2,1H3,(H,17,19)(H,20,21)/t14-/m1/s1. The molecule has 0 aliphatic carbocycles. The predicted octanol–water partition coefficient (Wildman–Crippen LogP) is 1.88. The minimum absolute atomic E-state index is 0.0109. The first-order valence-electron chi connectivity index (χ1n) is 7.46. The first kappa shape index (κ1) is 15.5. The summed E-state index contributed by atoms with van der Waals surface area (Å²) in [6, 6.07) is 6.58. The van der Waals surface area contributed by atoms with Gasteiger partial charge in [-0.15, -0.1) is 0 Å². The van der Waals surface area contributed by atoms with Gasteiger partial charge >= 0.3 is 5.97 Å². The smallest absolute Gasteiger partial charge is 0.335 e. The van der Waals surface area contributed by atoms with Gasteiger partial charge in [-0.25, -0.2) is 4.79 Å². The highest BCUT2D eigenvalue weighted by atomic mass is 16.4. The van der Waals surface area contributed by atoms with Crippen molar-refractivity contribution >= 4 is 11.9 Å². The molecule has 1 amide bonds. The van der Waals surface area contributed by atoms with Gasteiger partial charge in [0.2, 0.25) is 5.91 Å². The number of nitrogens with one attached hydrogen (secondary N) is 1. The molecule has 0 radical (unpaired) electrons. The number of amides is 1. The molecule has 1 fully saturated rings. The van der Waals surface area contributed by atoms with E-state index in [1.165, 1.54) is 0 Å². The van der Waals surface area contributed by atoms with Crippen LogP contribution >= 0.6 is 0 Å². The second-order valence-corrected chi connectivity index (χ2v) is 5.41. The SMILES string of the molecule is CCCN1CCC[C@@H]1C(=O)NCc1ccc(C(=O)O)cc1. The van der Waals surface area contributed by atoms with Crippen LogP contribution in [0.4, 0.5) is 0 Å². The number of carbonyl (C=O) groups is 2. The van der Waals surface area contributed by atoms with Crippen molar-refractivity contribution in [2.24, 2.45) is 0 Å². The summed E-state index contributed by atoms with van der Waals surface area (Å²) in [7, 11) is 0. The van der Waals surface area contributed by atoms with Crippen molar-refractivity contribution in [2.45, 2.75) is 38.8 Å². The maximum absolute atomic E-state index is 12.2. The third-order valence-corrected chi connectivity index (χ3v) is 3.84. The lowest BCUT2D eigenvalue weighted by Gasteiger charge is -2.22. The number of carboxylic acids is 1. The lowest BCUT2D eigenvalue weighted by Crippen LogP contribution is -2.43. The van der Waals surface area contributed by atoms with Crippen LogP contribution in [0, 0.1) is 0 Å². The van der Waals surface area contributed by atoms with E-state index < -0.39 is 5.97 Å². The Bertz CT molecular complexity index is 499. The monoisotopic (exact) mass is 290 g/mol. The maximum Gasteiger partial charge on any atom is 0.335 e. The first-order chi connectivity index (χ1) is 10.1. The summed E-state index contributed by atoms with van der Waals surface area (Å²) in [5.74, 6) is -0.866. The summed E-state index contributed by atoms with van der Waals surface area (Å²) < 4.78 is 0. The summed E-state index contributed by atoms with van der Waals surface area (Å²) in [6.45, 7) is 4.52. The van der Waals surface area contributed by atoms with Gasteiger partial charge in [0.1, 0.15) is 0 Å². The van der Waals surface area contributed by atoms with Gasteiger partial charge in [0.25, 0.3) is 0 Å². The Balaban J connectivity index is 1.87. The van der Waals surface area contributed by atoms with Crippen molar-refractivity contribution in [1.82, 2.24) is 10.2 Å². The molecule has 0 unspecified atom stereocenters. The molecular formula is C16H22N2O3. The van der Waals surface area contributed by atoms with E-state index in [0.717, 1.165) is 37.9 Å². The normalized spacial score (nSPS) is 18.6. The average Bonchev–Trinajstić information content (AvgIpc) is 2.94. The molecule has 1 aliphatic heterocycles. The topological polar surface area (TPSA) is 69.6 Å². The van der Waals surface area contributed by atoms with Crippen LogP contribution in [-0.4, -0.2) is 41.0 Å². The molecule has 0 bridgehead atoms. The quantitative estimate of drug-likeness (QED) is 0.839. The zero-order valence-corrected chi connectivity index (χ0v) is 12.3. The zero-order chi connectivity index (χ0) is 15.2. The van der Waals surface area contributed by atoms with E-state index in [2.05, 4.69) is 17.1 Å². The summed E-state index contributed by atoms with van der Waals surface area (Å²) in [4.78, 5) is 25.2. The second-order valence-electron chi connectivity index (χ2n) is 5.41. The molecule has 1 aromatic rings. The minimum Gasteiger partial charge on any atom is -0.478 e. The number of aromatic carboxylic acids is 1. The fourth-order valence-corrected chi connectivity index (χ4v) is 2.75. The Morgan fingerprint density at radius 2 is 2.05 bits per heavy atom. The second kappa shape index (κ2) is 7.22. The molecule has 0 aromatic heterocycles. The molecule has 2 N–H and O–H groups in total. The maximum atomic E-state index is 12.2. The first-order valence-corrected chi connectivity index (χ1v) is 7.46. The Hall–Kier alpha value is -1.88. The lowest BCUT2D eigenvalue weighted by atomic mass is 10.1. The van der Waals surface area contributed by atoms with Crippen molar-refractivity contribution < 1.29 is 14.7 Å². The van der Waals surface area contributed by atoms with Crippen LogP contribution in [0.25, 0.3) is 0 Å². The van der Waals surface area contributed by atoms with Crippen LogP contribution in [0.5, 0.6) is 0 Å². The van der Waals surface area contributed by atoms with Crippen molar-refractivity contribution in [3.8, 4) is 0 Å². The number of carboxylic acid groups (broad SMARTS) is 1. The molecule has 2 rings (SSSR count). The third-order valence-electron chi connectivity index (χ3n) is 3.84. The van der Waals surface area contributed by atoms with E-state index in [-0.39, 0.29) is 17.5 Å². The van der Waals surface area contributed by atoms with Crippen molar-refractivity contribution in [1.29, 1.82) is 0 Å². The fourth-order valence-electron chi connectivity index (χ4n) is 2.75. The Labute approximate surface area is 125 Å². The molecule has 1 saturated heterocycles. The molecular weight excluding hydrogens is 268 g/mol. The van der Waals surface area contributed by atoms with Crippen molar-refractivity contribution in [3.63, 3.8) is 0 Å². The summed E-state index contributed by atoms with van der Waals surface area (Å²) in [5, 5.41) is 11.8. The van der Waals surface area contributed by atoms with Crippen molar-refractivity contribution in [2.75, 3.05) is 13.1 Å². The van der Waals surface area contributed by atoms with Gasteiger partial charge in [-0.3, -0.25) is 9.69 Å². The molecule has 0 saturated carbocycles. The van der Waals surface area contributed by atoms with Gasteiger partial charge in [-0.05, 0) is 50.0 Å². The molecule has 5 nitrogen and oxygen atoms in total. The van der Waals surface area contributed by atoms with E-state index in [1.54, 1.807) is 24.3 Å². The molecule has 5 heteroatoms. The Morgan fingerprint density at radius 3 is 2.67 bits per heavy atom. The number of nitrogens with zero attached hydrogens (tertiary/aromatic N) is 1. The molecule has 1 atom stereocenters. The van der Waals surface area contributed by atoms with Crippen LogP contribution in [0.1, 0.15) is 42.1 Å². The summed E-state index contributed by atoms with van der Waals surface area (Å²) in [6.07, 6.45) is 3.05. The highest BCUT2D eigenvalue weighted by molar-refractivity contribution is 5.87. The number of carbonyl (C=O) groups excluding carboxylic acids is 1.